The second-order valence-electron chi connectivity index (χ2n) is 4.61. The molecule has 1 fully saturated rings. The van der Waals surface area contributed by atoms with Crippen molar-refractivity contribution in [3.8, 4) is 0 Å². The summed E-state index contributed by atoms with van der Waals surface area (Å²) in [5.41, 5.74) is -0.513. The van der Waals surface area contributed by atoms with Gasteiger partial charge in [-0.15, -0.1) is 0 Å². The molecule has 3 heteroatoms. The third-order valence-electron chi connectivity index (χ3n) is 2.75. The molecule has 2 nitrogen and oxygen atoms in total. The van der Waals surface area contributed by atoms with Gasteiger partial charge in [0, 0.05) is 6.54 Å². The first-order chi connectivity index (χ1) is 6.64. The monoisotopic (exact) mass is 217 g/mol. The lowest BCUT2D eigenvalue weighted by Crippen LogP contribution is -2.39. The molecule has 0 aliphatic carbocycles. The van der Waals surface area contributed by atoms with Gasteiger partial charge in [0.2, 0.25) is 0 Å². The normalized spacial score (nSPS) is 26.4. The second-order valence-corrected chi connectivity index (χ2v) is 5.76. The standard InChI is InChI=1S/C11H23NOS/c1-3-5-11(2,13)9-12-7-10-4-6-14-8-10/h10,12-13H,3-9H2,1-2H3. The quantitative estimate of drug-likeness (QED) is 0.712. The third kappa shape index (κ3) is 4.67. The zero-order chi connectivity index (χ0) is 10.4. The maximum absolute atomic E-state index is 9.92. The van der Waals surface area contributed by atoms with Gasteiger partial charge in [0.15, 0.2) is 0 Å². The molecule has 2 atom stereocenters. The van der Waals surface area contributed by atoms with Gasteiger partial charge in [0.25, 0.3) is 0 Å². The van der Waals surface area contributed by atoms with E-state index in [2.05, 4.69) is 12.2 Å². The Hall–Kier alpha value is 0.270. The van der Waals surface area contributed by atoms with E-state index in [0.29, 0.717) is 0 Å². The van der Waals surface area contributed by atoms with Crippen molar-refractivity contribution in [3.63, 3.8) is 0 Å². The molecule has 0 saturated carbocycles. The lowest BCUT2D eigenvalue weighted by atomic mass is 10.0. The number of thioether (sulfide) groups is 1. The van der Waals surface area contributed by atoms with Crippen molar-refractivity contribution in [2.75, 3.05) is 24.6 Å². The summed E-state index contributed by atoms with van der Waals surface area (Å²) in [5, 5.41) is 13.3. The maximum atomic E-state index is 9.92. The van der Waals surface area contributed by atoms with Gasteiger partial charge >= 0.3 is 0 Å². The number of hydrogen-bond donors (Lipinski definition) is 2. The number of rotatable bonds is 6. The fraction of sp³-hybridized carbons (Fsp3) is 1.00. The summed E-state index contributed by atoms with van der Waals surface area (Å²) in [7, 11) is 0. The van der Waals surface area contributed by atoms with Crippen LogP contribution in [0, 0.1) is 5.92 Å². The van der Waals surface area contributed by atoms with Gasteiger partial charge in [0.1, 0.15) is 0 Å². The average Bonchev–Trinajstić information content (AvgIpc) is 2.56. The Kier molecular flexibility index (Phi) is 5.28. The van der Waals surface area contributed by atoms with Gasteiger partial charge in [-0.05, 0) is 43.7 Å². The van der Waals surface area contributed by atoms with Crippen LogP contribution in [0.15, 0.2) is 0 Å². The lowest BCUT2D eigenvalue weighted by Gasteiger charge is -2.23. The summed E-state index contributed by atoms with van der Waals surface area (Å²) in [6.07, 6.45) is 3.28. The minimum absolute atomic E-state index is 0.513. The summed E-state index contributed by atoms with van der Waals surface area (Å²) in [6.45, 7) is 5.85. The van der Waals surface area contributed by atoms with E-state index in [1.807, 2.05) is 18.7 Å². The van der Waals surface area contributed by atoms with Crippen LogP contribution in [0.4, 0.5) is 0 Å². The molecule has 1 heterocycles. The van der Waals surface area contributed by atoms with E-state index in [9.17, 15) is 5.11 Å². The predicted octanol–water partition coefficient (Wildman–Crippen LogP) is 1.88. The van der Waals surface area contributed by atoms with E-state index < -0.39 is 5.60 Å². The fourth-order valence-corrected chi connectivity index (χ4v) is 3.20. The first kappa shape index (κ1) is 12.3. The summed E-state index contributed by atoms with van der Waals surface area (Å²) in [6, 6.07) is 0. The molecule has 2 unspecified atom stereocenters. The van der Waals surface area contributed by atoms with Crippen molar-refractivity contribution in [3.05, 3.63) is 0 Å². The smallest absolute Gasteiger partial charge is 0.0743 e. The van der Waals surface area contributed by atoms with Crippen LogP contribution in [0.1, 0.15) is 33.1 Å². The summed E-state index contributed by atoms with van der Waals surface area (Å²) in [5.74, 6) is 3.44. The van der Waals surface area contributed by atoms with Crippen LogP contribution in [0.25, 0.3) is 0 Å². The number of aliphatic hydroxyl groups is 1. The zero-order valence-electron chi connectivity index (χ0n) is 9.38. The first-order valence-corrected chi connectivity index (χ1v) is 6.80. The molecule has 1 rings (SSSR count). The molecular weight excluding hydrogens is 194 g/mol. The van der Waals surface area contributed by atoms with Crippen LogP contribution >= 0.6 is 11.8 Å². The predicted molar refractivity (Wildman–Crippen MR) is 63.8 cm³/mol. The topological polar surface area (TPSA) is 32.3 Å². The molecule has 0 aromatic carbocycles. The van der Waals surface area contributed by atoms with Gasteiger partial charge in [-0.1, -0.05) is 13.3 Å². The Bertz CT molecular complexity index is 155. The second kappa shape index (κ2) is 5.99. The van der Waals surface area contributed by atoms with Crippen LogP contribution in [-0.4, -0.2) is 35.3 Å². The Morgan fingerprint density at radius 1 is 1.57 bits per heavy atom. The molecule has 1 aliphatic heterocycles. The molecule has 0 aromatic heterocycles. The van der Waals surface area contributed by atoms with Crippen molar-refractivity contribution in [2.24, 2.45) is 5.92 Å². The molecule has 0 aromatic rings. The van der Waals surface area contributed by atoms with Gasteiger partial charge in [0.05, 0.1) is 5.60 Å². The Morgan fingerprint density at radius 3 is 2.93 bits per heavy atom. The van der Waals surface area contributed by atoms with Crippen molar-refractivity contribution in [1.29, 1.82) is 0 Å². The average molecular weight is 217 g/mol. The van der Waals surface area contributed by atoms with Crippen molar-refractivity contribution < 1.29 is 5.11 Å². The molecule has 2 N–H and O–H groups in total. The molecule has 0 radical (unpaired) electrons. The minimum Gasteiger partial charge on any atom is -0.389 e. The summed E-state index contributed by atoms with van der Waals surface area (Å²) >= 11 is 2.05. The van der Waals surface area contributed by atoms with E-state index in [0.717, 1.165) is 31.8 Å². The van der Waals surface area contributed by atoms with Crippen LogP contribution in [0.2, 0.25) is 0 Å². The number of nitrogens with one attached hydrogen (secondary N) is 1. The zero-order valence-corrected chi connectivity index (χ0v) is 10.2. The molecule has 0 bridgehead atoms. The fourth-order valence-electron chi connectivity index (χ4n) is 1.92. The van der Waals surface area contributed by atoms with Gasteiger partial charge < -0.3 is 10.4 Å². The number of hydrogen-bond acceptors (Lipinski definition) is 3. The Balaban J connectivity index is 2.07. The van der Waals surface area contributed by atoms with Crippen molar-refractivity contribution in [1.82, 2.24) is 5.32 Å². The van der Waals surface area contributed by atoms with E-state index in [1.165, 1.54) is 17.9 Å². The van der Waals surface area contributed by atoms with E-state index >= 15 is 0 Å². The van der Waals surface area contributed by atoms with Gasteiger partial charge in [-0.2, -0.15) is 11.8 Å². The van der Waals surface area contributed by atoms with Gasteiger partial charge in [-0.3, -0.25) is 0 Å². The summed E-state index contributed by atoms with van der Waals surface area (Å²) in [4.78, 5) is 0. The third-order valence-corrected chi connectivity index (χ3v) is 3.98. The van der Waals surface area contributed by atoms with Gasteiger partial charge in [-0.25, -0.2) is 0 Å². The summed E-state index contributed by atoms with van der Waals surface area (Å²) < 4.78 is 0. The SMILES string of the molecule is CCCC(C)(O)CNCC1CCSC1. The molecule has 0 spiro atoms. The molecule has 14 heavy (non-hydrogen) atoms. The highest BCUT2D eigenvalue weighted by Gasteiger charge is 2.20. The molecular formula is C11H23NOS. The molecule has 0 amide bonds. The highest BCUT2D eigenvalue weighted by Crippen LogP contribution is 2.22. The van der Waals surface area contributed by atoms with Crippen LogP contribution in [0.3, 0.4) is 0 Å². The van der Waals surface area contributed by atoms with Crippen LogP contribution in [0.5, 0.6) is 0 Å². The molecule has 1 aliphatic rings. The highest BCUT2D eigenvalue weighted by molar-refractivity contribution is 7.99. The Labute approximate surface area is 91.9 Å². The van der Waals surface area contributed by atoms with Crippen LogP contribution < -0.4 is 5.32 Å². The van der Waals surface area contributed by atoms with Crippen LogP contribution in [-0.2, 0) is 0 Å². The maximum Gasteiger partial charge on any atom is 0.0743 e. The van der Waals surface area contributed by atoms with E-state index in [-0.39, 0.29) is 0 Å². The largest absolute Gasteiger partial charge is 0.389 e. The van der Waals surface area contributed by atoms with Crippen molar-refractivity contribution >= 4 is 11.8 Å². The lowest BCUT2D eigenvalue weighted by molar-refractivity contribution is 0.0495. The minimum atomic E-state index is -0.513. The molecule has 1 saturated heterocycles. The first-order valence-electron chi connectivity index (χ1n) is 5.65. The van der Waals surface area contributed by atoms with E-state index in [4.69, 9.17) is 0 Å². The van der Waals surface area contributed by atoms with Crippen molar-refractivity contribution in [2.45, 2.75) is 38.7 Å². The Morgan fingerprint density at radius 2 is 2.36 bits per heavy atom. The molecule has 84 valence electrons. The highest BCUT2D eigenvalue weighted by atomic mass is 32.2. The van der Waals surface area contributed by atoms with E-state index in [1.54, 1.807) is 0 Å².